The molecule has 0 aliphatic rings. The summed E-state index contributed by atoms with van der Waals surface area (Å²) in [5.74, 6) is -0.242. The Morgan fingerprint density at radius 2 is 2.14 bits per heavy atom. The molecule has 1 heterocycles. The summed E-state index contributed by atoms with van der Waals surface area (Å²) in [6.45, 7) is 1.94. The van der Waals surface area contributed by atoms with Gasteiger partial charge in [-0.2, -0.15) is 0 Å². The zero-order valence-corrected chi connectivity index (χ0v) is 11.7. The number of hydrogen-bond acceptors (Lipinski definition) is 2. The van der Waals surface area contributed by atoms with Crippen molar-refractivity contribution in [3.05, 3.63) is 65.5 Å². The predicted molar refractivity (Wildman–Crippen MR) is 79.9 cm³/mol. The predicted octanol–water partition coefficient (Wildman–Crippen LogP) is 3.83. The van der Waals surface area contributed by atoms with E-state index in [0.717, 1.165) is 22.2 Å². The minimum Gasteiger partial charge on any atom is -0.348 e. The molecule has 3 rings (SSSR count). The van der Waals surface area contributed by atoms with Gasteiger partial charge in [-0.25, -0.2) is 9.37 Å². The Kier molecular flexibility index (Phi) is 3.52. The lowest BCUT2D eigenvalue weighted by Gasteiger charge is -2.06. The zero-order valence-electron chi connectivity index (χ0n) is 11.7. The van der Waals surface area contributed by atoms with E-state index < -0.39 is 0 Å². The third-order valence-electron chi connectivity index (χ3n) is 3.67. The molecule has 0 saturated heterocycles. The zero-order chi connectivity index (χ0) is 14.8. The van der Waals surface area contributed by atoms with E-state index in [1.165, 1.54) is 12.1 Å². The fourth-order valence-corrected chi connectivity index (χ4v) is 2.50. The number of hydrogen-bond donors (Lipinski definition) is 1. The Morgan fingerprint density at radius 1 is 1.29 bits per heavy atom. The molecule has 0 saturated carbocycles. The molecular weight excluding hydrogens is 267 g/mol. The first kappa shape index (κ1) is 13.5. The van der Waals surface area contributed by atoms with E-state index in [-0.39, 0.29) is 11.6 Å². The number of aromatic nitrogens is 2. The molecule has 3 aromatic rings. The Labute approximate surface area is 121 Å². The van der Waals surface area contributed by atoms with Gasteiger partial charge in [0.05, 0.1) is 12.0 Å². The molecule has 0 fully saturated rings. The minimum absolute atomic E-state index is 0.0506. The molecule has 106 valence electrons. The first-order valence-corrected chi connectivity index (χ1v) is 6.85. The number of fused-ring (bicyclic) bond motifs is 1. The standard InChI is InChI=1S/C17H15FN2O/c1-11-16(20-10-19-11)7-8-17(21)15-4-2-3-12-9-13(18)5-6-14(12)15/h2-6,9-10H,7-8H2,1H3,(H,19,20). The first-order valence-electron chi connectivity index (χ1n) is 6.85. The lowest BCUT2D eigenvalue weighted by atomic mass is 9.98. The second kappa shape index (κ2) is 5.48. The van der Waals surface area contributed by atoms with Crippen LogP contribution in [-0.2, 0) is 6.42 Å². The quantitative estimate of drug-likeness (QED) is 0.739. The molecule has 0 radical (unpaired) electrons. The lowest BCUT2D eigenvalue weighted by Crippen LogP contribution is -2.03. The lowest BCUT2D eigenvalue weighted by molar-refractivity contribution is 0.0984. The van der Waals surface area contributed by atoms with E-state index >= 15 is 0 Å². The maximum absolute atomic E-state index is 13.3. The number of halogens is 1. The average molecular weight is 282 g/mol. The number of rotatable bonds is 4. The highest BCUT2D eigenvalue weighted by Crippen LogP contribution is 2.21. The molecule has 3 nitrogen and oxygen atoms in total. The van der Waals surface area contributed by atoms with E-state index in [0.29, 0.717) is 18.4 Å². The van der Waals surface area contributed by atoms with Gasteiger partial charge in [0.1, 0.15) is 5.82 Å². The van der Waals surface area contributed by atoms with Gasteiger partial charge in [0.25, 0.3) is 0 Å². The number of aromatic amines is 1. The first-order chi connectivity index (χ1) is 10.1. The summed E-state index contributed by atoms with van der Waals surface area (Å²) in [4.78, 5) is 19.6. The largest absolute Gasteiger partial charge is 0.348 e. The third kappa shape index (κ3) is 2.70. The van der Waals surface area contributed by atoms with Crippen LogP contribution in [0.2, 0.25) is 0 Å². The van der Waals surface area contributed by atoms with Gasteiger partial charge in [-0.3, -0.25) is 4.79 Å². The number of carbonyl (C=O) groups is 1. The van der Waals surface area contributed by atoms with Crippen LogP contribution in [0.3, 0.4) is 0 Å². The Bertz CT molecular complexity index is 807. The highest BCUT2D eigenvalue weighted by Gasteiger charge is 2.12. The highest BCUT2D eigenvalue weighted by molar-refractivity contribution is 6.08. The van der Waals surface area contributed by atoms with Gasteiger partial charge < -0.3 is 4.98 Å². The van der Waals surface area contributed by atoms with Crippen LogP contribution in [0.4, 0.5) is 4.39 Å². The number of imidazole rings is 1. The van der Waals surface area contributed by atoms with E-state index in [1.54, 1.807) is 24.5 Å². The molecule has 4 heteroatoms. The van der Waals surface area contributed by atoms with E-state index in [4.69, 9.17) is 0 Å². The van der Waals surface area contributed by atoms with Crippen LogP contribution in [0.1, 0.15) is 28.2 Å². The Hall–Kier alpha value is -2.49. The van der Waals surface area contributed by atoms with Crippen molar-refractivity contribution >= 4 is 16.6 Å². The summed E-state index contributed by atoms with van der Waals surface area (Å²) in [5, 5.41) is 1.54. The molecule has 21 heavy (non-hydrogen) atoms. The van der Waals surface area contributed by atoms with Crippen LogP contribution >= 0.6 is 0 Å². The van der Waals surface area contributed by atoms with Crippen LogP contribution in [0.15, 0.2) is 42.7 Å². The van der Waals surface area contributed by atoms with Gasteiger partial charge in [-0.05, 0) is 36.2 Å². The van der Waals surface area contributed by atoms with Crippen molar-refractivity contribution in [3.8, 4) is 0 Å². The fourth-order valence-electron chi connectivity index (χ4n) is 2.50. The summed E-state index contributed by atoms with van der Waals surface area (Å²) in [6, 6.07) is 9.89. The smallest absolute Gasteiger partial charge is 0.163 e. The van der Waals surface area contributed by atoms with E-state index in [9.17, 15) is 9.18 Å². The summed E-state index contributed by atoms with van der Waals surface area (Å²) in [5.41, 5.74) is 2.54. The Balaban J connectivity index is 1.86. The summed E-state index contributed by atoms with van der Waals surface area (Å²) >= 11 is 0. The SMILES string of the molecule is Cc1[nH]cnc1CCC(=O)c1cccc2cc(F)ccc12. The molecule has 0 aliphatic heterocycles. The number of nitrogens with zero attached hydrogens (tertiary/aromatic N) is 1. The fraction of sp³-hybridized carbons (Fsp3) is 0.176. The molecule has 0 atom stereocenters. The molecule has 1 aromatic heterocycles. The molecule has 1 N–H and O–H groups in total. The van der Waals surface area contributed by atoms with Crippen molar-refractivity contribution in [3.63, 3.8) is 0 Å². The molecular formula is C17H15FN2O. The van der Waals surface area contributed by atoms with Gasteiger partial charge in [0.2, 0.25) is 0 Å². The van der Waals surface area contributed by atoms with Gasteiger partial charge >= 0.3 is 0 Å². The number of Topliss-reactive ketones (excluding diaryl/α,β-unsaturated/α-hetero) is 1. The number of benzene rings is 2. The number of aryl methyl sites for hydroxylation is 2. The van der Waals surface area contributed by atoms with Crippen LogP contribution in [-0.4, -0.2) is 15.8 Å². The molecule has 0 amide bonds. The van der Waals surface area contributed by atoms with Gasteiger partial charge in [-0.1, -0.05) is 24.3 Å². The topological polar surface area (TPSA) is 45.8 Å². The number of ketones is 1. The maximum Gasteiger partial charge on any atom is 0.163 e. The van der Waals surface area contributed by atoms with Crippen LogP contribution < -0.4 is 0 Å². The van der Waals surface area contributed by atoms with Gasteiger partial charge in [-0.15, -0.1) is 0 Å². The number of H-pyrrole nitrogens is 1. The summed E-state index contributed by atoms with van der Waals surface area (Å²) in [6.07, 6.45) is 2.63. The van der Waals surface area contributed by atoms with Crippen molar-refractivity contribution in [2.45, 2.75) is 19.8 Å². The maximum atomic E-state index is 13.3. The minimum atomic E-state index is -0.292. The average Bonchev–Trinajstić information content (AvgIpc) is 2.89. The normalized spacial score (nSPS) is 11.0. The van der Waals surface area contributed by atoms with Gasteiger partial charge in [0, 0.05) is 17.7 Å². The van der Waals surface area contributed by atoms with Crippen LogP contribution in [0, 0.1) is 12.7 Å². The van der Waals surface area contributed by atoms with E-state index in [2.05, 4.69) is 9.97 Å². The molecule has 0 spiro atoms. The van der Waals surface area contributed by atoms with E-state index in [1.807, 2.05) is 13.0 Å². The van der Waals surface area contributed by atoms with Crippen molar-refractivity contribution < 1.29 is 9.18 Å². The molecule has 2 aromatic carbocycles. The third-order valence-corrected chi connectivity index (χ3v) is 3.67. The monoisotopic (exact) mass is 282 g/mol. The van der Waals surface area contributed by atoms with Gasteiger partial charge in [0.15, 0.2) is 5.78 Å². The number of carbonyl (C=O) groups excluding carboxylic acids is 1. The van der Waals surface area contributed by atoms with Crippen LogP contribution in [0.25, 0.3) is 10.8 Å². The van der Waals surface area contributed by atoms with Crippen molar-refractivity contribution in [2.75, 3.05) is 0 Å². The van der Waals surface area contributed by atoms with Crippen molar-refractivity contribution in [1.29, 1.82) is 0 Å². The molecule has 0 aliphatic carbocycles. The van der Waals surface area contributed by atoms with Crippen molar-refractivity contribution in [1.82, 2.24) is 9.97 Å². The Morgan fingerprint density at radius 3 is 2.90 bits per heavy atom. The second-order valence-electron chi connectivity index (χ2n) is 5.07. The van der Waals surface area contributed by atoms with Crippen molar-refractivity contribution in [2.24, 2.45) is 0 Å². The number of nitrogens with one attached hydrogen (secondary N) is 1. The van der Waals surface area contributed by atoms with Crippen LogP contribution in [0.5, 0.6) is 0 Å². The molecule has 0 bridgehead atoms. The molecule has 0 unspecified atom stereocenters. The second-order valence-corrected chi connectivity index (χ2v) is 5.07. The summed E-state index contributed by atoms with van der Waals surface area (Å²) in [7, 11) is 0. The summed E-state index contributed by atoms with van der Waals surface area (Å²) < 4.78 is 13.3. The highest BCUT2D eigenvalue weighted by atomic mass is 19.1.